The Kier molecular flexibility index (Phi) is 6.75. The molecule has 2 aromatic carbocycles. The summed E-state index contributed by atoms with van der Waals surface area (Å²) >= 11 is 5.96. The quantitative estimate of drug-likeness (QED) is 0.376. The lowest BCUT2D eigenvalue weighted by Crippen LogP contribution is -2.29. The predicted octanol–water partition coefficient (Wildman–Crippen LogP) is 5.14. The van der Waals surface area contributed by atoms with Gasteiger partial charge in [0.25, 0.3) is 0 Å². The zero-order valence-electron chi connectivity index (χ0n) is 18.0. The smallest absolute Gasteiger partial charge is 0.338 e. The van der Waals surface area contributed by atoms with E-state index in [1.54, 1.807) is 4.68 Å². The van der Waals surface area contributed by atoms with Gasteiger partial charge in [0.2, 0.25) is 5.95 Å². The highest BCUT2D eigenvalue weighted by molar-refractivity contribution is 6.30. The van der Waals surface area contributed by atoms with Gasteiger partial charge in [0.1, 0.15) is 24.7 Å². The molecular weight excluding hydrogens is 428 g/mol. The minimum atomic E-state index is -0.470. The van der Waals surface area contributed by atoms with Crippen LogP contribution in [0.4, 0.5) is 5.95 Å². The van der Waals surface area contributed by atoms with Gasteiger partial charge in [0.15, 0.2) is 0 Å². The van der Waals surface area contributed by atoms with Gasteiger partial charge < -0.3 is 14.8 Å². The van der Waals surface area contributed by atoms with Crippen molar-refractivity contribution in [3.05, 3.63) is 82.3 Å². The van der Waals surface area contributed by atoms with Gasteiger partial charge in [-0.05, 0) is 48.7 Å². The SMILES string of the molecule is CCCCOC(=O)C1=C(C)Nc2ncnn2C1c1cccc(OCc2ccc(Cl)cc2)c1. The lowest BCUT2D eigenvalue weighted by Gasteiger charge is -2.28. The van der Waals surface area contributed by atoms with E-state index in [0.717, 1.165) is 24.0 Å². The van der Waals surface area contributed by atoms with Crippen molar-refractivity contribution in [1.82, 2.24) is 14.8 Å². The third kappa shape index (κ3) is 4.78. The Bertz CT molecular complexity index is 1120. The number of carbonyl (C=O) groups is 1. The first-order chi connectivity index (χ1) is 15.6. The third-order valence-corrected chi connectivity index (χ3v) is 5.49. The van der Waals surface area contributed by atoms with Crippen LogP contribution in [0, 0.1) is 0 Å². The Hall–Kier alpha value is -3.32. The van der Waals surface area contributed by atoms with Crippen LogP contribution in [-0.4, -0.2) is 27.3 Å². The molecule has 0 radical (unpaired) electrons. The van der Waals surface area contributed by atoms with Crippen molar-refractivity contribution in [2.75, 3.05) is 11.9 Å². The van der Waals surface area contributed by atoms with E-state index in [-0.39, 0.29) is 5.97 Å². The van der Waals surface area contributed by atoms with Crippen LogP contribution in [-0.2, 0) is 16.1 Å². The maximum absolute atomic E-state index is 13.0. The van der Waals surface area contributed by atoms with Crippen LogP contribution in [0.15, 0.2) is 66.1 Å². The second kappa shape index (κ2) is 9.87. The van der Waals surface area contributed by atoms with E-state index in [1.165, 1.54) is 6.33 Å². The van der Waals surface area contributed by atoms with Crippen LogP contribution < -0.4 is 10.1 Å². The molecule has 0 fully saturated rings. The largest absolute Gasteiger partial charge is 0.489 e. The normalized spacial score (nSPS) is 15.2. The molecule has 8 heteroatoms. The molecule has 0 spiro atoms. The summed E-state index contributed by atoms with van der Waals surface area (Å²) in [5, 5.41) is 8.20. The lowest BCUT2D eigenvalue weighted by molar-refractivity contribution is -0.139. The van der Waals surface area contributed by atoms with E-state index >= 15 is 0 Å². The Balaban J connectivity index is 1.61. The third-order valence-electron chi connectivity index (χ3n) is 5.24. The Morgan fingerprint density at radius 2 is 2.03 bits per heavy atom. The van der Waals surface area contributed by atoms with Gasteiger partial charge in [-0.3, -0.25) is 0 Å². The second-order valence-electron chi connectivity index (χ2n) is 7.57. The molecule has 0 bridgehead atoms. The first-order valence-electron chi connectivity index (χ1n) is 10.6. The Morgan fingerprint density at radius 1 is 1.22 bits per heavy atom. The monoisotopic (exact) mass is 452 g/mol. The van der Waals surface area contributed by atoms with Gasteiger partial charge in [0.05, 0.1) is 12.2 Å². The number of allylic oxidation sites excluding steroid dienone is 1. The van der Waals surface area contributed by atoms with Crippen LogP contribution in [0.5, 0.6) is 5.75 Å². The van der Waals surface area contributed by atoms with Gasteiger partial charge in [0, 0.05) is 10.7 Å². The van der Waals surface area contributed by atoms with Crippen molar-refractivity contribution in [2.45, 2.75) is 39.3 Å². The standard InChI is InChI=1S/C24H25ClN4O3/c1-3-4-12-31-23(30)21-16(2)28-24-26-15-27-29(24)22(21)18-6-5-7-20(13-18)32-14-17-8-10-19(25)11-9-17/h5-11,13,15,22H,3-4,12,14H2,1-2H3,(H,26,27,28). The first kappa shape index (κ1) is 21.9. The van der Waals surface area contributed by atoms with Crippen molar-refractivity contribution in [3.8, 4) is 5.75 Å². The zero-order chi connectivity index (χ0) is 22.5. The van der Waals surface area contributed by atoms with Crippen molar-refractivity contribution in [1.29, 1.82) is 0 Å². The Labute approximate surface area is 192 Å². The number of halogens is 1. The minimum Gasteiger partial charge on any atom is -0.489 e. The topological polar surface area (TPSA) is 78.3 Å². The van der Waals surface area contributed by atoms with Crippen LogP contribution in [0.3, 0.4) is 0 Å². The zero-order valence-corrected chi connectivity index (χ0v) is 18.8. The number of esters is 1. The van der Waals surface area contributed by atoms with Crippen LogP contribution in [0.25, 0.3) is 0 Å². The van der Waals surface area contributed by atoms with Gasteiger partial charge in [-0.25, -0.2) is 9.48 Å². The molecule has 1 aliphatic rings. The fourth-order valence-electron chi connectivity index (χ4n) is 3.57. The average Bonchev–Trinajstić information content (AvgIpc) is 3.26. The van der Waals surface area contributed by atoms with Crippen LogP contribution >= 0.6 is 11.6 Å². The molecule has 0 aliphatic carbocycles. The van der Waals surface area contributed by atoms with Crippen molar-refractivity contribution in [2.24, 2.45) is 0 Å². The van der Waals surface area contributed by atoms with Crippen molar-refractivity contribution >= 4 is 23.5 Å². The molecule has 2 heterocycles. The summed E-state index contributed by atoms with van der Waals surface area (Å²) in [5.74, 6) is 0.904. The van der Waals surface area contributed by atoms with Gasteiger partial charge in [-0.15, -0.1) is 0 Å². The molecule has 1 aliphatic heterocycles. The van der Waals surface area contributed by atoms with E-state index in [1.807, 2.05) is 55.5 Å². The molecular formula is C24H25ClN4O3. The fourth-order valence-corrected chi connectivity index (χ4v) is 3.70. The summed E-state index contributed by atoms with van der Waals surface area (Å²) < 4.78 is 13.2. The number of anilines is 1. The number of carbonyl (C=O) groups excluding carboxylic acids is 1. The molecule has 0 saturated heterocycles. The number of aromatic nitrogens is 3. The van der Waals surface area contributed by atoms with E-state index in [4.69, 9.17) is 21.1 Å². The number of nitrogens with one attached hydrogen (secondary N) is 1. The predicted molar refractivity (Wildman–Crippen MR) is 123 cm³/mol. The highest BCUT2D eigenvalue weighted by Crippen LogP contribution is 2.36. The molecule has 4 rings (SSSR count). The van der Waals surface area contributed by atoms with Gasteiger partial charge >= 0.3 is 5.97 Å². The molecule has 1 atom stereocenters. The van der Waals surface area contributed by atoms with Crippen molar-refractivity contribution < 1.29 is 14.3 Å². The number of nitrogens with zero attached hydrogens (tertiary/aromatic N) is 3. The van der Waals surface area contributed by atoms with Gasteiger partial charge in [-0.1, -0.05) is 49.2 Å². The van der Waals surface area contributed by atoms with Crippen molar-refractivity contribution in [3.63, 3.8) is 0 Å². The number of unbranched alkanes of at least 4 members (excludes halogenated alkanes) is 1. The molecule has 0 saturated carbocycles. The molecule has 7 nitrogen and oxygen atoms in total. The van der Waals surface area contributed by atoms with Gasteiger partial charge in [-0.2, -0.15) is 10.1 Å². The molecule has 3 aromatic rings. The number of rotatable bonds is 8. The summed E-state index contributed by atoms with van der Waals surface area (Å²) in [7, 11) is 0. The molecule has 1 unspecified atom stereocenters. The maximum Gasteiger partial charge on any atom is 0.338 e. The fraction of sp³-hybridized carbons (Fsp3) is 0.292. The summed E-state index contributed by atoms with van der Waals surface area (Å²) in [6.07, 6.45) is 3.24. The molecule has 0 amide bonds. The summed E-state index contributed by atoms with van der Waals surface area (Å²) in [5.41, 5.74) is 3.07. The molecule has 32 heavy (non-hydrogen) atoms. The second-order valence-corrected chi connectivity index (χ2v) is 8.01. The molecule has 1 N–H and O–H groups in total. The average molecular weight is 453 g/mol. The van der Waals surface area contributed by atoms with E-state index in [0.29, 0.717) is 41.2 Å². The number of benzene rings is 2. The first-order valence-corrected chi connectivity index (χ1v) is 11.0. The summed E-state index contributed by atoms with van der Waals surface area (Å²) in [6, 6.07) is 14.7. The summed E-state index contributed by atoms with van der Waals surface area (Å²) in [6.45, 7) is 4.69. The maximum atomic E-state index is 13.0. The highest BCUT2D eigenvalue weighted by Gasteiger charge is 2.34. The summed E-state index contributed by atoms with van der Waals surface area (Å²) in [4.78, 5) is 17.3. The molecule has 166 valence electrons. The Morgan fingerprint density at radius 3 is 2.81 bits per heavy atom. The number of ether oxygens (including phenoxy) is 2. The van der Waals surface area contributed by atoms with E-state index < -0.39 is 6.04 Å². The number of hydrogen-bond donors (Lipinski definition) is 1. The van der Waals surface area contributed by atoms with Crippen LogP contribution in [0.1, 0.15) is 43.9 Å². The lowest BCUT2D eigenvalue weighted by atomic mass is 9.95. The minimum absolute atomic E-state index is 0.359. The highest BCUT2D eigenvalue weighted by atomic mass is 35.5. The van der Waals surface area contributed by atoms with E-state index in [9.17, 15) is 4.79 Å². The number of hydrogen-bond acceptors (Lipinski definition) is 6. The number of fused-ring (bicyclic) bond motifs is 1. The van der Waals surface area contributed by atoms with Crippen LogP contribution in [0.2, 0.25) is 5.02 Å². The molecule has 1 aromatic heterocycles. The van der Waals surface area contributed by atoms with E-state index in [2.05, 4.69) is 22.3 Å².